The third kappa shape index (κ3) is 4.22. The molecule has 1 aromatic carbocycles. The number of aryl methyl sites for hydroxylation is 1. The van der Waals surface area contributed by atoms with Gasteiger partial charge in [0.05, 0.1) is 4.92 Å². The van der Waals surface area contributed by atoms with Crippen molar-refractivity contribution in [3.8, 4) is 0 Å². The lowest BCUT2D eigenvalue weighted by Gasteiger charge is -2.31. The predicted molar refractivity (Wildman–Crippen MR) is 103 cm³/mol. The number of likely N-dealkylation sites (tertiary alicyclic amines) is 1. The van der Waals surface area contributed by atoms with E-state index in [0.29, 0.717) is 24.1 Å². The number of amides is 2. The molecular weight excluding hydrogens is 372 g/mol. The second-order valence-electron chi connectivity index (χ2n) is 7.01. The number of benzene rings is 1. The summed E-state index contributed by atoms with van der Waals surface area (Å²) in [6.07, 6.45) is 2.36. The fraction of sp³-hybridized carbons (Fsp3) is 0.556. The molecule has 0 bridgehead atoms. The first kappa shape index (κ1) is 21.1. The molecule has 2 heterocycles. The second kappa shape index (κ2) is 8.67. The van der Waals surface area contributed by atoms with E-state index in [1.54, 1.807) is 23.8 Å². The summed E-state index contributed by atoms with van der Waals surface area (Å²) in [5.74, 6) is -0.264. The Balaban J connectivity index is 0.00000261. The molecule has 8 nitrogen and oxygen atoms in total. The van der Waals surface area contributed by atoms with Crippen molar-refractivity contribution >= 4 is 29.9 Å². The Kier molecular flexibility index (Phi) is 6.78. The van der Waals surface area contributed by atoms with Crippen molar-refractivity contribution in [2.24, 2.45) is 0 Å². The van der Waals surface area contributed by atoms with E-state index in [9.17, 15) is 19.7 Å². The standard InChI is InChI=1S/C18H24N4O4.ClH/c1-12-10-13(5-6-15(12)22(25)26)17(23)21-9-3-4-16(21)18(24)20(2)14-7-8-19-11-14;/h5-6,10,14,16,19H,3-4,7-9,11H2,1-2H3;1H. The van der Waals surface area contributed by atoms with Crippen molar-refractivity contribution in [1.82, 2.24) is 15.1 Å². The van der Waals surface area contributed by atoms with Crippen LogP contribution in [0.2, 0.25) is 0 Å². The summed E-state index contributed by atoms with van der Waals surface area (Å²) in [5, 5.41) is 14.2. The highest BCUT2D eigenvalue weighted by Gasteiger charge is 2.38. The zero-order chi connectivity index (χ0) is 18.8. The Morgan fingerprint density at radius 2 is 2.07 bits per heavy atom. The lowest BCUT2D eigenvalue weighted by Crippen LogP contribution is -2.50. The summed E-state index contributed by atoms with van der Waals surface area (Å²) < 4.78 is 0. The van der Waals surface area contributed by atoms with Gasteiger partial charge in [-0.3, -0.25) is 19.7 Å². The third-order valence-electron chi connectivity index (χ3n) is 5.37. The SMILES string of the molecule is Cc1cc(C(=O)N2CCCC2C(=O)N(C)C2CCNC2)ccc1[N+](=O)[O-].Cl. The van der Waals surface area contributed by atoms with Crippen LogP contribution in [-0.4, -0.2) is 65.3 Å². The summed E-state index contributed by atoms with van der Waals surface area (Å²) in [4.78, 5) is 39.7. The van der Waals surface area contributed by atoms with Crippen LogP contribution in [0.5, 0.6) is 0 Å². The second-order valence-corrected chi connectivity index (χ2v) is 7.01. The molecule has 0 aromatic heterocycles. The van der Waals surface area contributed by atoms with Gasteiger partial charge in [-0.05, 0) is 44.9 Å². The maximum Gasteiger partial charge on any atom is 0.272 e. The van der Waals surface area contributed by atoms with E-state index in [1.807, 2.05) is 0 Å². The van der Waals surface area contributed by atoms with Gasteiger partial charge in [-0.25, -0.2) is 0 Å². The summed E-state index contributed by atoms with van der Waals surface area (Å²) in [5.41, 5.74) is 0.819. The number of rotatable bonds is 4. The van der Waals surface area contributed by atoms with Crippen molar-refractivity contribution in [2.45, 2.75) is 38.3 Å². The molecule has 1 N–H and O–H groups in total. The third-order valence-corrected chi connectivity index (χ3v) is 5.37. The highest BCUT2D eigenvalue weighted by atomic mass is 35.5. The van der Waals surface area contributed by atoms with E-state index in [2.05, 4.69) is 5.32 Å². The number of hydrogen-bond acceptors (Lipinski definition) is 5. The molecule has 3 rings (SSSR count). The average Bonchev–Trinajstić information content (AvgIpc) is 3.30. The molecule has 0 aliphatic carbocycles. The lowest BCUT2D eigenvalue weighted by molar-refractivity contribution is -0.385. The Labute approximate surface area is 164 Å². The van der Waals surface area contributed by atoms with Crippen LogP contribution in [-0.2, 0) is 4.79 Å². The molecule has 0 radical (unpaired) electrons. The van der Waals surface area contributed by atoms with Crippen LogP contribution in [0.1, 0.15) is 35.2 Å². The van der Waals surface area contributed by atoms with Crippen molar-refractivity contribution in [1.29, 1.82) is 0 Å². The Morgan fingerprint density at radius 1 is 1.33 bits per heavy atom. The minimum atomic E-state index is -0.462. The van der Waals surface area contributed by atoms with E-state index in [0.717, 1.165) is 25.9 Å². The number of nitrogens with zero attached hydrogens (tertiary/aromatic N) is 3. The van der Waals surface area contributed by atoms with Crippen LogP contribution in [0.15, 0.2) is 18.2 Å². The highest BCUT2D eigenvalue weighted by Crippen LogP contribution is 2.25. The van der Waals surface area contributed by atoms with Gasteiger partial charge < -0.3 is 15.1 Å². The van der Waals surface area contributed by atoms with Gasteiger partial charge in [0.15, 0.2) is 0 Å². The fourth-order valence-electron chi connectivity index (χ4n) is 3.81. The number of likely N-dealkylation sites (N-methyl/N-ethyl adjacent to an activating group) is 1. The number of carbonyl (C=O) groups excluding carboxylic acids is 2. The molecule has 9 heteroatoms. The van der Waals surface area contributed by atoms with Crippen molar-refractivity contribution in [2.75, 3.05) is 26.7 Å². The van der Waals surface area contributed by atoms with Gasteiger partial charge in [-0.1, -0.05) is 0 Å². The van der Waals surface area contributed by atoms with Gasteiger partial charge in [0.1, 0.15) is 6.04 Å². The quantitative estimate of drug-likeness (QED) is 0.617. The zero-order valence-electron chi connectivity index (χ0n) is 15.5. The Morgan fingerprint density at radius 3 is 2.67 bits per heavy atom. The van der Waals surface area contributed by atoms with E-state index >= 15 is 0 Å². The minimum Gasteiger partial charge on any atom is -0.340 e. The summed E-state index contributed by atoms with van der Waals surface area (Å²) in [6.45, 7) is 3.83. The largest absolute Gasteiger partial charge is 0.340 e. The monoisotopic (exact) mass is 396 g/mol. The maximum atomic E-state index is 12.9. The van der Waals surface area contributed by atoms with Gasteiger partial charge in [0.2, 0.25) is 5.91 Å². The van der Waals surface area contributed by atoms with Crippen LogP contribution in [0.3, 0.4) is 0 Å². The van der Waals surface area contributed by atoms with E-state index < -0.39 is 11.0 Å². The van der Waals surface area contributed by atoms with Crippen LogP contribution in [0, 0.1) is 17.0 Å². The molecule has 2 amide bonds. The fourth-order valence-corrected chi connectivity index (χ4v) is 3.81. The van der Waals surface area contributed by atoms with Gasteiger partial charge in [0, 0.05) is 43.4 Å². The Bertz CT molecular complexity index is 736. The summed E-state index contributed by atoms with van der Waals surface area (Å²) in [7, 11) is 1.80. The molecule has 2 unspecified atom stereocenters. The molecule has 2 aliphatic heterocycles. The molecule has 2 saturated heterocycles. The first-order valence-electron chi connectivity index (χ1n) is 8.93. The van der Waals surface area contributed by atoms with Crippen LogP contribution in [0.25, 0.3) is 0 Å². The molecule has 27 heavy (non-hydrogen) atoms. The van der Waals surface area contributed by atoms with Crippen LogP contribution in [0.4, 0.5) is 5.69 Å². The number of carbonyl (C=O) groups is 2. The van der Waals surface area contributed by atoms with Crippen molar-refractivity contribution in [3.05, 3.63) is 39.4 Å². The van der Waals surface area contributed by atoms with Crippen LogP contribution >= 0.6 is 12.4 Å². The minimum absolute atomic E-state index is 0. The molecule has 2 aliphatic rings. The Hall–Kier alpha value is -2.19. The first-order valence-corrected chi connectivity index (χ1v) is 8.93. The lowest BCUT2D eigenvalue weighted by atomic mass is 10.1. The van der Waals surface area contributed by atoms with Gasteiger partial charge >= 0.3 is 0 Å². The summed E-state index contributed by atoms with van der Waals surface area (Å²) in [6, 6.07) is 4.07. The van der Waals surface area contributed by atoms with E-state index in [1.165, 1.54) is 18.2 Å². The molecule has 0 spiro atoms. The first-order chi connectivity index (χ1) is 12.4. The molecule has 148 valence electrons. The smallest absolute Gasteiger partial charge is 0.272 e. The van der Waals surface area contributed by atoms with Gasteiger partial charge in [-0.15, -0.1) is 12.4 Å². The molecule has 1 aromatic rings. The van der Waals surface area contributed by atoms with E-state index in [4.69, 9.17) is 0 Å². The average molecular weight is 397 g/mol. The van der Waals surface area contributed by atoms with Gasteiger partial charge in [-0.2, -0.15) is 0 Å². The number of hydrogen-bond donors (Lipinski definition) is 1. The van der Waals surface area contributed by atoms with Crippen molar-refractivity contribution in [3.63, 3.8) is 0 Å². The van der Waals surface area contributed by atoms with Crippen LogP contribution < -0.4 is 5.32 Å². The number of nitro benzene ring substituents is 1. The molecule has 0 saturated carbocycles. The summed E-state index contributed by atoms with van der Waals surface area (Å²) >= 11 is 0. The predicted octanol–water partition coefficient (Wildman–Crippen LogP) is 1.75. The van der Waals surface area contributed by atoms with E-state index in [-0.39, 0.29) is 36.0 Å². The normalized spacial score (nSPS) is 21.6. The zero-order valence-corrected chi connectivity index (χ0v) is 16.3. The maximum absolute atomic E-state index is 12.9. The van der Waals surface area contributed by atoms with Gasteiger partial charge in [0.25, 0.3) is 11.6 Å². The highest BCUT2D eigenvalue weighted by molar-refractivity contribution is 5.98. The number of halogens is 1. The topological polar surface area (TPSA) is 95.8 Å². The molecular formula is C18H25ClN4O4. The molecule has 2 atom stereocenters. The number of nitrogens with one attached hydrogen (secondary N) is 1. The van der Waals surface area contributed by atoms with Crippen molar-refractivity contribution < 1.29 is 14.5 Å². The molecule has 2 fully saturated rings. The number of nitro groups is 1.